The summed E-state index contributed by atoms with van der Waals surface area (Å²) in [6, 6.07) is 0. The molecule has 0 amide bonds. The maximum atomic E-state index is 5.82. The van der Waals surface area contributed by atoms with Crippen LogP contribution in [0.15, 0.2) is 0 Å². The van der Waals surface area contributed by atoms with Crippen LogP contribution in [0.5, 0.6) is 0 Å². The van der Waals surface area contributed by atoms with Crippen molar-refractivity contribution in [1.29, 1.82) is 0 Å². The summed E-state index contributed by atoms with van der Waals surface area (Å²) in [5.41, 5.74) is 0. The summed E-state index contributed by atoms with van der Waals surface area (Å²) in [6.45, 7) is 4.76. The maximum Gasteiger partial charge on any atom is 0.0702 e. The topological polar surface area (TPSA) is 12.5 Å². The number of halogens is 1. The van der Waals surface area contributed by atoms with Crippen LogP contribution in [0.4, 0.5) is 0 Å². The summed E-state index contributed by atoms with van der Waals surface area (Å²) >= 11 is 3.56. The summed E-state index contributed by atoms with van der Waals surface area (Å²) in [5.74, 6) is 0.914. The zero-order valence-electron chi connectivity index (χ0n) is 10.2. The lowest BCUT2D eigenvalue weighted by atomic mass is 9.95. The third kappa shape index (κ3) is 4.01. The number of ether oxygens (including phenoxy) is 1. The first kappa shape index (κ1) is 12.8. The molecule has 0 aliphatic carbocycles. The molecular weight excluding hydrogens is 266 g/mol. The fraction of sp³-hybridized carbons (Fsp3) is 1.00. The average Bonchev–Trinajstić information content (AvgIpc) is 2.31. The monoisotopic (exact) mass is 289 g/mol. The molecule has 2 aliphatic rings. The van der Waals surface area contributed by atoms with Crippen LogP contribution in [0, 0.1) is 5.92 Å². The quantitative estimate of drug-likeness (QED) is 0.738. The first-order valence-corrected chi connectivity index (χ1v) is 7.90. The molecule has 2 nitrogen and oxygen atoms in total. The van der Waals surface area contributed by atoms with Gasteiger partial charge in [-0.25, -0.2) is 0 Å². The van der Waals surface area contributed by atoms with Crippen LogP contribution in [0.25, 0.3) is 0 Å². The zero-order valence-corrected chi connectivity index (χ0v) is 11.8. The molecule has 2 heterocycles. The zero-order chi connectivity index (χ0) is 11.2. The highest BCUT2D eigenvalue weighted by atomic mass is 79.9. The Hall–Kier alpha value is 0.400. The third-order valence-corrected chi connectivity index (χ3v) is 4.31. The summed E-state index contributed by atoms with van der Waals surface area (Å²) in [6.07, 6.45) is 8.57. The molecule has 0 saturated carbocycles. The first-order valence-electron chi connectivity index (χ1n) is 6.78. The predicted molar refractivity (Wildman–Crippen MR) is 71.2 cm³/mol. The minimum absolute atomic E-state index is 0.525. The SMILES string of the molecule is BrCCC1CCCN(CC2CCCCO2)C1. The van der Waals surface area contributed by atoms with Gasteiger partial charge in [0.1, 0.15) is 0 Å². The van der Waals surface area contributed by atoms with E-state index in [1.165, 1.54) is 58.2 Å². The van der Waals surface area contributed by atoms with Gasteiger partial charge in [-0.2, -0.15) is 0 Å². The standard InChI is InChI=1S/C13H24BrNO/c14-7-6-12-4-3-8-15(10-12)11-13-5-1-2-9-16-13/h12-13H,1-11H2. The lowest BCUT2D eigenvalue weighted by Gasteiger charge is -2.35. The molecule has 2 rings (SSSR count). The molecule has 2 saturated heterocycles. The van der Waals surface area contributed by atoms with Crippen molar-refractivity contribution in [2.24, 2.45) is 5.92 Å². The Labute approximate surface area is 108 Å². The van der Waals surface area contributed by atoms with E-state index in [1.807, 2.05) is 0 Å². The van der Waals surface area contributed by atoms with Gasteiger partial charge in [-0.15, -0.1) is 0 Å². The van der Waals surface area contributed by atoms with Crippen LogP contribution in [0.1, 0.15) is 38.5 Å². The van der Waals surface area contributed by atoms with Crippen molar-refractivity contribution >= 4 is 15.9 Å². The van der Waals surface area contributed by atoms with Crippen molar-refractivity contribution in [3.05, 3.63) is 0 Å². The van der Waals surface area contributed by atoms with Crippen LogP contribution in [-0.2, 0) is 4.74 Å². The summed E-state index contributed by atoms with van der Waals surface area (Å²) < 4.78 is 5.82. The molecular formula is C13H24BrNO. The van der Waals surface area contributed by atoms with Crippen LogP contribution >= 0.6 is 15.9 Å². The van der Waals surface area contributed by atoms with Gasteiger partial charge in [-0.3, -0.25) is 0 Å². The fourth-order valence-corrected chi connectivity index (χ4v) is 3.59. The number of hydrogen-bond donors (Lipinski definition) is 0. The van der Waals surface area contributed by atoms with Crippen LogP contribution < -0.4 is 0 Å². The Morgan fingerprint density at radius 2 is 2.12 bits per heavy atom. The van der Waals surface area contributed by atoms with Crippen molar-refractivity contribution in [2.45, 2.75) is 44.6 Å². The second kappa shape index (κ2) is 6.97. The van der Waals surface area contributed by atoms with Gasteiger partial charge in [0, 0.05) is 25.0 Å². The molecule has 0 bridgehead atoms. The smallest absolute Gasteiger partial charge is 0.0702 e. The molecule has 3 heteroatoms. The lowest BCUT2D eigenvalue weighted by Crippen LogP contribution is -2.41. The summed E-state index contributed by atoms with van der Waals surface area (Å²) in [5, 5.41) is 1.16. The molecule has 0 N–H and O–H groups in total. The van der Waals surface area contributed by atoms with Crippen molar-refractivity contribution in [2.75, 3.05) is 31.6 Å². The van der Waals surface area contributed by atoms with Gasteiger partial charge in [-0.1, -0.05) is 15.9 Å². The molecule has 0 aromatic carbocycles. The highest BCUT2D eigenvalue weighted by Gasteiger charge is 2.23. The molecule has 0 aromatic rings. The Morgan fingerprint density at radius 1 is 1.19 bits per heavy atom. The molecule has 0 spiro atoms. The van der Waals surface area contributed by atoms with E-state index in [1.54, 1.807) is 0 Å². The maximum absolute atomic E-state index is 5.82. The Morgan fingerprint density at radius 3 is 2.88 bits per heavy atom. The van der Waals surface area contributed by atoms with Crippen molar-refractivity contribution in [3.63, 3.8) is 0 Å². The molecule has 2 unspecified atom stereocenters. The normalized spacial score (nSPS) is 32.8. The van der Waals surface area contributed by atoms with Gasteiger partial charge in [-0.05, 0) is 51.0 Å². The number of likely N-dealkylation sites (tertiary alicyclic amines) is 1. The summed E-state index contributed by atoms with van der Waals surface area (Å²) in [7, 11) is 0. The second-order valence-corrected chi connectivity index (χ2v) is 6.03. The molecule has 2 aliphatic heterocycles. The van der Waals surface area contributed by atoms with Gasteiger partial charge in [0.2, 0.25) is 0 Å². The largest absolute Gasteiger partial charge is 0.377 e. The van der Waals surface area contributed by atoms with Gasteiger partial charge >= 0.3 is 0 Å². The van der Waals surface area contributed by atoms with Crippen molar-refractivity contribution in [3.8, 4) is 0 Å². The van der Waals surface area contributed by atoms with E-state index in [4.69, 9.17) is 4.74 Å². The van der Waals surface area contributed by atoms with Crippen molar-refractivity contribution < 1.29 is 4.74 Å². The van der Waals surface area contributed by atoms with E-state index < -0.39 is 0 Å². The third-order valence-electron chi connectivity index (χ3n) is 3.86. The van der Waals surface area contributed by atoms with Gasteiger partial charge in [0.25, 0.3) is 0 Å². The molecule has 0 radical (unpaired) electrons. The molecule has 2 fully saturated rings. The molecule has 2 atom stereocenters. The number of piperidine rings is 1. The van der Waals surface area contributed by atoms with Gasteiger partial charge in [0.05, 0.1) is 6.10 Å². The van der Waals surface area contributed by atoms with E-state index in [-0.39, 0.29) is 0 Å². The Balaban J connectivity index is 1.71. The lowest BCUT2D eigenvalue weighted by molar-refractivity contribution is -0.0128. The van der Waals surface area contributed by atoms with E-state index >= 15 is 0 Å². The van der Waals surface area contributed by atoms with Gasteiger partial charge in [0.15, 0.2) is 0 Å². The number of alkyl halides is 1. The second-order valence-electron chi connectivity index (χ2n) is 5.23. The minimum atomic E-state index is 0.525. The van der Waals surface area contributed by atoms with E-state index in [0.29, 0.717) is 6.10 Å². The van der Waals surface area contributed by atoms with E-state index in [9.17, 15) is 0 Å². The predicted octanol–water partition coefficient (Wildman–Crippen LogP) is 3.05. The van der Waals surface area contributed by atoms with Crippen LogP contribution in [-0.4, -0.2) is 42.6 Å². The number of hydrogen-bond acceptors (Lipinski definition) is 2. The van der Waals surface area contributed by atoms with E-state index in [0.717, 1.165) is 17.9 Å². The van der Waals surface area contributed by atoms with E-state index in [2.05, 4.69) is 20.8 Å². The Kier molecular flexibility index (Phi) is 5.60. The highest BCUT2D eigenvalue weighted by molar-refractivity contribution is 9.09. The fourth-order valence-electron chi connectivity index (χ4n) is 2.95. The number of nitrogens with zero attached hydrogens (tertiary/aromatic N) is 1. The average molecular weight is 290 g/mol. The molecule has 0 aromatic heterocycles. The Bertz CT molecular complexity index is 192. The van der Waals surface area contributed by atoms with Crippen LogP contribution in [0.3, 0.4) is 0 Å². The molecule has 16 heavy (non-hydrogen) atoms. The molecule has 94 valence electrons. The highest BCUT2D eigenvalue weighted by Crippen LogP contribution is 2.22. The summed E-state index contributed by atoms with van der Waals surface area (Å²) in [4.78, 5) is 2.63. The minimum Gasteiger partial charge on any atom is -0.377 e. The van der Waals surface area contributed by atoms with Gasteiger partial charge < -0.3 is 9.64 Å². The first-order chi connectivity index (χ1) is 7.88. The van der Waals surface area contributed by atoms with Crippen molar-refractivity contribution in [1.82, 2.24) is 4.90 Å². The van der Waals surface area contributed by atoms with Crippen LogP contribution in [0.2, 0.25) is 0 Å². The number of rotatable bonds is 4.